The molecule has 5 nitrogen and oxygen atoms in total. The third-order valence-electron chi connectivity index (χ3n) is 2.83. The van der Waals surface area contributed by atoms with Gasteiger partial charge in [-0.05, 0) is 45.9 Å². The van der Waals surface area contributed by atoms with Crippen LogP contribution in [0.1, 0.15) is 38.1 Å². The van der Waals surface area contributed by atoms with Crippen LogP contribution in [0.5, 0.6) is 5.75 Å². The monoisotopic (exact) mass is 277 g/mol. The zero-order valence-corrected chi connectivity index (χ0v) is 12.4. The lowest BCUT2D eigenvalue weighted by Gasteiger charge is -2.32. The van der Waals surface area contributed by atoms with Gasteiger partial charge in [0, 0.05) is 0 Å². The Kier molecular flexibility index (Phi) is 3.70. The number of carbonyl (C=O) groups excluding carboxylic acids is 1. The van der Waals surface area contributed by atoms with Gasteiger partial charge in [-0.3, -0.25) is 0 Å². The van der Waals surface area contributed by atoms with Crippen LogP contribution in [0, 0.1) is 0 Å². The molecule has 2 rings (SSSR count). The van der Waals surface area contributed by atoms with Crippen molar-refractivity contribution in [2.24, 2.45) is 4.99 Å². The Morgan fingerprint density at radius 1 is 1.35 bits per heavy atom. The van der Waals surface area contributed by atoms with E-state index < -0.39 is 11.6 Å². The summed E-state index contributed by atoms with van der Waals surface area (Å²) in [6, 6.07) is 5.02. The Bertz CT molecular complexity index is 561. The highest BCUT2D eigenvalue weighted by Gasteiger charge is 2.35. The number of hydrogen-bond donors (Lipinski definition) is 0. The van der Waals surface area contributed by atoms with E-state index in [1.54, 1.807) is 18.2 Å². The quantitative estimate of drug-likeness (QED) is 0.779. The number of benzene rings is 1. The second-order valence-electron chi connectivity index (χ2n) is 5.37. The van der Waals surface area contributed by atoms with Gasteiger partial charge in [-0.25, -0.2) is 9.79 Å². The molecule has 0 unspecified atom stereocenters. The summed E-state index contributed by atoms with van der Waals surface area (Å²) in [5.41, 5.74) is 0.370. The normalized spacial score (nSPS) is 16.0. The summed E-state index contributed by atoms with van der Waals surface area (Å²) >= 11 is 0. The number of hydrogen-bond acceptors (Lipinski definition) is 5. The van der Waals surface area contributed by atoms with Crippen molar-refractivity contribution in [3.05, 3.63) is 23.8 Å². The van der Waals surface area contributed by atoms with E-state index in [0.717, 1.165) is 0 Å². The van der Waals surface area contributed by atoms with Crippen LogP contribution in [0.15, 0.2) is 23.2 Å². The van der Waals surface area contributed by atoms with Crippen molar-refractivity contribution >= 4 is 17.6 Å². The Labute approximate surface area is 118 Å². The third-order valence-corrected chi connectivity index (χ3v) is 2.83. The first kappa shape index (κ1) is 14.4. The molecule has 1 heterocycles. The number of methoxy groups -OCH3 is 1. The molecule has 1 aliphatic heterocycles. The molecule has 0 aromatic heterocycles. The van der Waals surface area contributed by atoms with Crippen LogP contribution in [-0.4, -0.2) is 30.7 Å². The van der Waals surface area contributed by atoms with Gasteiger partial charge in [0.15, 0.2) is 5.60 Å². The van der Waals surface area contributed by atoms with Crippen LogP contribution in [-0.2, 0) is 9.47 Å². The van der Waals surface area contributed by atoms with E-state index in [4.69, 9.17) is 14.2 Å². The maximum atomic E-state index is 11.5. The van der Waals surface area contributed by atoms with Crippen molar-refractivity contribution in [1.82, 2.24) is 0 Å². The van der Waals surface area contributed by atoms with Crippen molar-refractivity contribution in [3.63, 3.8) is 0 Å². The molecule has 0 amide bonds. The van der Waals surface area contributed by atoms with Crippen molar-refractivity contribution in [2.45, 2.75) is 39.4 Å². The SMILES string of the molecule is COC(=O)c1ccc2c(c1)N=C(OC(C)C)C(C)(C)O2. The number of fused-ring (bicyclic) bond motifs is 1. The Balaban J connectivity index is 2.43. The zero-order chi connectivity index (χ0) is 14.9. The van der Waals surface area contributed by atoms with Gasteiger partial charge in [0.1, 0.15) is 11.4 Å². The molecule has 5 heteroatoms. The molecule has 0 saturated carbocycles. The van der Waals surface area contributed by atoms with Gasteiger partial charge in [0.25, 0.3) is 0 Å². The van der Waals surface area contributed by atoms with Gasteiger partial charge in [0.05, 0.1) is 18.8 Å². The first-order chi connectivity index (χ1) is 9.33. The van der Waals surface area contributed by atoms with Gasteiger partial charge in [-0.2, -0.15) is 0 Å². The molecule has 1 aliphatic rings. The summed E-state index contributed by atoms with van der Waals surface area (Å²) in [5, 5.41) is 0. The van der Waals surface area contributed by atoms with Crippen molar-refractivity contribution in [1.29, 1.82) is 0 Å². The standard InChI is InChI=1S/C15H19NO4/c1-9(2)19-14-15(3,4)20-12-7-6-10(13(17)18-5)8-11(12)16-14/h6-9H,1-5H3. The molecule has 0 saturated heterocycles. The summed E-state index contributed by atoms with van der Waals surface area (Å²) in [5.74, 6) is 0.722. The van der Waals surface area contributed by atoms with Crippen LogP contribution < -0.4 is 4.74 Å². The van der Waals surface area contributed by atoms with Gasteiger partial charge in [-0.1, -0.05) is 0 Å². The van der Waals surface area contributed by atoms with E-state index in [9.17, 15) is 4.79 Å². The van der Waals surface area contributed by atoms with E-state index in [1.807, 2.05) is 27.7 Å². The molecule has 20 heavy (non-hydrogen) atoms. The number of nitrogens with zero attached hydrogens (tertiary/aromatic N) is 1. The molecule has 0 fully saturated rings. The Morgan fingerprint density at radius 3 is 2.65 bits per heavy atom. The lowest BCUT2D eigenvalue weighted by molar-refractivity contribution is 0.0600. The lowest BCUT2D eigenvalue weighted by Crippen LogP contribution is -2.42. The molecule has 0 bridgehead atoms. The van der Waals surface area contributed by atoms with E-state index in [2.05, 4.69) is 4.99 Å². The molecular weight excluding hydrogens is 258 g/mol. The summed E-state index contributed by atoms with van der Waals surface area (Å²) in [4.78, 5) is 16.0. The van der Waals surface area contributed by atoms with Gasteiger partial charge in [-0.15, -0.1) is 0 Å². The van der Waals surface area contributed by atoms with Gasteiger partial charge in [0.2, 0.25) is 5.90 Å². The lowest BCUT2D eigenvalue weighted by atomic mass is 10.1. The number of rotatable bonds is 2. The second kappa shape index (κ2) is 5.15. The van der Waals surface area contributed by atoms with Crippen molar-refractivity contribution in [2.75, 3.05) is 7.11 Å². The Morgan fingerprint density at radius 2 is 2.05 bits per heavy atom. The highest BCUT2D eigenvalue weighted by Crippen LogP contribution is 2.37. The minimum Gasteiger partial charge on any atom is -0.476 e. The summed E-state index contributed by atoms with van der Waals surface area (Å²) < 4.78 is 16.3. The van der Waals surface area contributed by atoms with Crippen molar-refractivity contribution in [3.8, 4) is 5.75 Å². The molecule has 0 radical (unpaired) electrons. The van der Waals surface area contributed by atoms with Gasteiger partial charge >= 0.3 is 5.97 Å². The fraction of sp³-hybridized carbons (Fsp3) is 0.467. The number of esters is 1. The smallest absolute Gasteiger partial charge is 0.337 e. The van der Waals surface area contributed by atoms with Crippen LogP contribution in [0.3, 0.4) is 0 Å². The number of ether oxygens (including phenoxy) is 3. The first-order valence-corrected chi connectivity index (χ1v) is 6.50. The van der Waals surface area contributed by atoms with E-state index >= 15 is 0 Å². The van der Waals surface area contributed by atoms with Crippen LogP contribution >= 0.6 is 0 Å². The maximum Gasteiger partial charge on any atom is 0.337 e. The molecule has 1 aromatic rings. The number of carbonyl (C=O) groups is 1. The summed E-state index contributed by atoms with van der Waals surface area (Å²) in [6.07, 6.45) is 0.00182. The summed E-state index contributed by atoms with van der Waals surface area (Å²) in [6.45, 7) is 7.65. The highest BCUT2D eigenvalue weighted by atomic mass is 16.6. The average molecular weight is 277 g/mol. The van der Waals surface area contributed by atoms with Crippen LogP contribution in [0.25, 0.3) is 0 Å². The Hall–Kier alpha value is -2.04. The van der Waals surface area contributed by atoms with Gasteiger partial charge < -0.3 is 14.2 Å². The third kappa shape index (κ3) is 2.76. The summed E-state index contributed by atoms with van der Waals surface area (Å²) in [7, 11) is 1.35. The highest BCUT2D eigenvalue weighted by molar-refractivity contribution is 5.94. The molecule has 0 N–H and O–H groups in total. The average Bonchev–Trinajstić information content (AvgIpc) is 2.37. The fourth-order valence-electron chi connectivity index (χ4n) is 1.89. The minimum atomic E-state index is -0.635. The zero-order valence-electron chi connectivity index (χ0n) is 12.4. The topological polar surface area (TPSA) is 57.1 Å². The molecule has 108 valence electrons. The maximum absolute atomic E-state index is 11.5. The minimum absolute atomic E-state index is 0.00182. The van der Waals surface area contributed by atoms with Crippen LogP contribution in [0.2, 0.25) is 0 Å². The molecule has 0 spiro atoms. The molecular formula is C15H19NO4. The van der Waals surface area contributed by atoms with Crippen molar-refractivity contribution < 1.29 is 19.0 Å². The largest absolute Gasteiger partial charge is 0.476 e. The predicted molar refractivity (Wildman–Crippen MR) is 75.8 cm³/mol. The predicted octanol–water partition coefficient (Wildman–Crippen LogP) is 3.10. The fourth-order valence-corrected chi connectivity index (χ4v) is 1.89. The molecule has 1 aromatic carbocycles. The second-order valence-corrected chi connectivity index (χ2v) is 5.37. The molecule has 0 aliphatic carbocycles. The number of aliphatic imine (C=N–C) groups is 1. The van der Waals surface area contributed by atoms with E-state index in [-0.39, 0.29) is 6.10 Å². The first-order valence-electron chi connectivity index (χ1n) is 6.50. The van der Waals surface area contributed by atoms with Crippen LogP contribution in [0.4, 0.5) is 5.69 Å². The molecule has 0 atom stereocenters. The van der Waals surface area contributed by atoms with E-state index in [1.165, 1.54) is 7.11 Å². The van der Waals surface area contributed by atoms with E-state index in [0.29, 0.717) is 22.9 Å².